The lowest BCUT2D eigenvalue weighted by Gasteiger charge is -2.13. The second kappa shape index (κ2) is 9.02. The van der Waals surface area contributed by atoms with E-state index in [0.29, 0.717) is 30.4 Å². The quantitative estimate of drug-likeness (QED) is 0.427. The van der Waals surface area contributed by atoms with Crippen LogP contribution in [0.15, 0.2) is 36.4 Å². The second-order valence-electron chi connectivity index (χ2n) is 5.08. The van der Waals surface area contributed by atoms with Crippen LogP contribution in [0.1, 0.15) is 10.4 Å². The molecule has 0 heterocycles. The van der Waals surface area contributed by atoms with E-state index in [1.165, 1.54) is 19.2 Å². The van der Waals surface area contributed by atoms with Crippen molar-refractivity contribution in [1.82, 2.24) is 0 Å². The average Bonchev–Trinajstić information content (AvgIpc) is 2.62. The van der Waals surface area contributed by atoms with Gasteiger partial charge in [-0.25, -0.2) is 0 Å². The van der Waals surface area contributed by atoms with Crippen LogP contribution < -0.4 is 14.8 Å². The zero-order valence-corrected chi connectivity index (χ0v) is 14.9. The van der Waals surface area contributed by atoms with Crippen molar-refractivity contribution in [3.8, 4) is 11.5 Å². The van der Waals surface area contributed by atoms with E-state index in [0.717, 1.165) is 6.07 Å². The van der Waals surface area contributed by atoms with E-state index in [1.54, 1.807) is 25.3 Å². The van der Waals surface area contributed by atoms with Gasteiger partial charge in [-0.2, -0.15) is 0 Å². The highest BCUT2D eigenvalue weighted by molar-refractivity contribution is 6.32. The van der Waals surface area contributed by atoms with Gasteiger partial charge >= 0.3 is 0 Å². The van der Waals surface area contributed by atoms with E-state index >= 15 is 0 Å². The zero-order valence-electron chi connectivity index (χ0n) is 14.2. The first-order valence-electron chi connectivity index (χ1n) is 7.51. The Hall–Kier alpha value is -2.84. The van der Waals surface area contributed by atoms with Gasteiger partial charge in [-0.1, -0.05) is 11.6 Å². The Morgan fingerprint density at radius 3 is 2.58 bits per heavy atom. The third kappa shape index (κ3) is 4.84. The van der Waals surface area contributed by atoms with Crippen molar-refractivity contribution in [2.45, 2.75) is 0 Å². The van der Waals surface area contributed by atoms with E-state index in [4.69, 9.17) is 25.8 Å². The Kier molecular flexibility index (Phi) is 6.76. The largest absolute Gasteiger partial charge is 0.493 e. The number of carbonyl (C=O) groups excluding carboxylic acids is 1. The summed E-state index contributed by atoms with van der Waals surface area (Å²) in [5, 5.41) is 13.6. The number of methoxy groups -OCH3 is 2. The van der Waals surface area contributed by atoms with Crippen LogP contribution in [0, 0.1) is 10.1 Å². The second-order valence-corrected chi connectivity index (χ2v) is 5.49. The molecule has 2 aromatic carbocycles. The first kappa shape index (κ1) is 19.5. The van der Waals surface area contributed by atoms with Crippen molar-refractivity contribution < 1.29 is 23.9 Å². The Morgan fingerprint density at radius 2 is 1.92 bits per heavy atom. The third-order valence-electron chi connectivity index (χ3n) is 3.37. The number of nitro benzene ring substituents is 1. The number of hydrogen-bond donors (Lipinski definition) is 1. The van der Waals surface area contributed by atoms with Crippen LogP contribution >= 0.6 is 11.6 Å². The molecule has 0 fully saturated rings. The summed E-state index contributed by atoms with van der Waals surface area (Å²) in [6.45, 7) is 0.710. The number of benzene rings is 2. The molecule has 1 N–H and O–H groups in total. The van der Waals surface area contributed by atoms with E-state index in [9.17, 15) is 14.9 Å². The Morgan fingerprint density at radius 1 is 1.15 bits per heavy atom. The number of nitrogens with one attached hydrogen (secondary N) is 1. The fourth-order valence-corrected chi connectivity index (χ4v) is 2.29. The van der Waals surface area contributed by atoms with Gasteiger partial charge in [0.25, 0.3) is 11.6 Å². The molecule has 8 nitrogen and oxygen atoms in total. The van der Waals surface area contributed by atoms with Crippen LogP contribution in [0.25, 0.3) is 0 Å². The van der Waals surface area contributed by atoms with Crippen molar-refractivity contribution in [2.24, 2.45) is 0 Å². The van der Waals surface area contributed by atoms with Crippen molar-refractivity contribution in [1.29, 1.82) is 0 Å². The van der Waals surface area contributed by atoms with E-state index in [-0.39, 0.29) is 16.3 Å². The highest BCUT2D eigenvalue weighted by Crippen LogP contribution is 2.31. The normalized spacial score (nSPS) is 10.3. The van der Waals surface area contributed by atoms with Crippen molar-refractivity contribution in [2.75, 3.05) is 32.8 Å². The number of ether oxygens (including phenoxy) is 3. The zero-order chi connectivity index (χ0) is 19.1. The molecule has 26 heavy (non-hydrogen) atoms. The summed E-state index contributed by atoms with van der Waals surface area (Å²) < 4.78 is 15.7. The molecule has 0 radical (unpaired) electrons. The summed E-state index contributed by atoms with van der Waals surface area (Å²) in [5.74, 6) is 0.420. The molecule has 0 spiro atoms. The Balaban J connectivity index is 2.19. The minimum absolute atomic E-state index is 0.0372. The van der Waals surface area contributed by atoms with Gasteiger partial charge in [0, 0.05) is 30.5 Å². The average molecular weight is 381 g/mol. The molecule has 0 unspecified atom stereocenters. The molecule has 0 aromatic heterocycles. The summed E-state index contributed by atoms with van der Waals surface area (Å²) in [5.41, 5.74) is 0.220. The fourth-order valence-electron chi connectivity index (χ4n) is 2.10. The highest BCUT2D eigenvalue weighted by Gasteiger charge is 2.17. The molecule has 0 bridgehead atoms. The summed E-state index contributed by atoms with van der Waals surface area (Å²) in [4.78, 5) is 22.7. The molecule has 0 aliphatic carbocycles. The lowest BCUT2D eigenvalue weighted by Crippen LogP contribution is -2.12. The molecule has 1 amide bonds. The van der Waals surface area contributed by atoms with E-state index in [2.05, 4.69) is 5.32 Å². The monoisotopic (exact) mass is 380 g/mol. The predicted molar refractivity (Wildman–Crippen MR) is 96.4 cm³/mol. The number of hydrogen-bond acceptors (Lipinski definition) is 6. The number of carbonyl (C=O) groups is 1. The van der Waals surface area contributed by atoms with Crippen LogP contribution in [0.3, 0.4) is 0 Å². The number of anilines is 1. The van der Waals surface area contributed by atoms with Gasteiger partial charge in [0.15, 0.2) is 11.5 Å². The maximum absolute atomic E-state index is 12.4. The number of halogens is 1. The van der Waals surface area contributed by atoms with Crippen molar-refractivity contribution >= 4 is 28.9 Å². The first-order valence-corrected chi connectivity index (χ1v) is 7.89. The minimum atomic E-state index is -0.645. The smallest absolute Gasteiger partial charge is 0.288 e. The van der Waals surface area contributed by atoms with E-state index in [1.807, 2.05) is 0 Å². The molecular formula is C17H17ClN2O6. The fraction of sp³-hybridized carbons (Fsp3) is 0.235. The number of nitro groups is 1. The molecule has 9 heteroatoms. The van der Waals surface area contributed by atoms with Gasteiger partial charge in [-0.05, 0) is 24.3 Å². The first-order chi connectivity index (χ1) is 12.5. The molecule has 0 aliphatic heterocycles. The number of nitrogens with zero attached hydrogens (tertiary/aromatic N) is 1. The summed E-state index contributed by atoms with van der Waals surface area (Å²) in [7, 11) is 3.06. The summed E-state index contributed by atoms with van der Waals surface area (Å²) in [6, 6.07) is 8.70. The van der Waals surface area contributed by atoms with Gasteiger partial charge < -0.3 is 19.5 Å². The van der Waals surface area contributed by atoms with Gasteiger partial charge in [0.05, 0.1) is 18.6 Å². The Labute approximate surface area is 154 Å². The van der Waals surface area contributed by atoms with Gasteiger partial charge in [0.2, 0.25) is 0 Å². The third-order valence-corrected chi connectivity index (χ3v) is 3.69. The maximum Gasteiger partial charge on any atom is 0.288 e. The standard InChI is InChI=1S/C17H17ClN2O6/c1-24-7-8-26-16-10-12(4-6-15(16)25-2)19-17(21)11-3-5-13(18)14(9-11)20(22)23/h3-6,9-10H,7-8H2,1-2H3,(H,19,21). The minimum Gasteiger partial charge on any atom is -0.493 e. The van der Waals surface area contributed by atoms with E-state index < -0.39 is 10.8 Å². The molecule has 0 saturated carbocycles. The molecule has 138 valence electrons. The van der Waals surface area contributed by atoms with Crippen LogP contribution in [0.2, 0.25) is 5.02 Å². The SMILES string of the molecule is COCCOc1cc(NC(=O)c2ccc(Cl)c([N+](=O)[O-])c2)ccc1OC. The lowest BCUT2D eigenvalue weighted by molar-refractivity contribution is -0.384. The van der Waals surface area contributed by atoms with Crippen molar-refractivity contribution in [3.05, 3.63) is 57.1 Å². The highest BCUT2D eigenvalue weighted by atomic mass is 35.5. The van der Waals surface area contributed by atoms with Gasteiger partial charge in [-0.15, -0.1) is 0 Å². The van der Waals surface area contributed by atoms with Gasteiger partial charge in [-0.3, -0.25) is 14.9 Å². The Bertz CT molecular complexity index is 812. The molecular weight excluding hydrogens is 364 g/mol. The molecule has 0 aliphatic rings. The number of amides is 1. The van der Waals surface area contributed by atoms with Crippen LogP contribution in [-0.4, -0.2) is 38.3 Å². The van der Waals surface area contributed by atoms with Crippen molar-refractivity contribution in [3.63, 3.8) is 0 Å². The topological polar surface area (TPSA) is 99.9 Å². The van der Waals surface area contributed by atoms with Crippen LogP contribution in [0.4, 0.5) is 11.4 Å². The summed E-state index contributed by atoms with van der Waals surface area (Å²) >= 11 is 5.76. The molecule has 0 saturated heterocycles. The molecule has 0 atom stereocenters. The van der Waals surface area contributed by atoms with Crippen LogP contribution in [0.5, 0.6) is 11.5 Å². The van der Waals surface area contributed by atoms with Gasteiger partial charge in [0.1, 0.15) is 11.6 Å². The molecule has 2 aromatic rings. The molecule has 2 rings (SSSR count). The summed E-state index contributed by atoms with van der Waals surface area (Å²) in [6.07, 6.45) is 0. The maximum atomic E-state index is 12.4. The predicted octanol–water partition coefficient (Wildman–Crippen LogP) is 3.53. The van der Waals surface area contributed by atoms with Crippen LogP contribution in [-0.2, 0) is 4.74 Å². The lowest BCUT2D eigenvalue weighted by atomic mass is 10.2. The number of rotatable bonds is 8.